The molecule has 0 amide bonds. The van der Waals surface area contributed by atoms with Crippen molar-refractivity contribution in [1.29, 1.82) is 0 Å². The number of hydrogen-bond donors (Lipinski definition) is 1. The van der Waals surface area contributed by atoms with E-state index in [0.717, 1.165) is 5.56 Å². The van der Waals surface area contributed by atoms with Gasteiger partial charge in [0.25, 0.3) is 0 Å². The zero-order chi connectivity index (χ0) is 12.6. The first-order valence-electron chi connectivity index (χ1n) is 5.19. The number of carbonyl (C=O) groups is 1. The van der Waals surface area contributed by atoms with Gasteiger partial charge in [-0.25, -0.2) is 4.79 Å². The first-order valence-corrected chi connectivity index (χ1v) is 5.19. The van der Waals surface area contributed by atoms with Crippen LogP contribution in [-0.2, 0) is 6.42 Å². The predicted octanol–water partition coefficient (Wildman–Crippen LogP) is 3.15. The van der Waals surface area contributed by atoms with Crippen LogP contribution in [0, 0.1) is 0 Å². The van der Waals surface area contributed by atoms with Crippen LogP contribution in [0.2, 0.25) is 0 Å². The molecule has 0 aliphatic rings. The summed E-state index contributed by atoms with van der Waals surface area (Å²) in [5.41, 5.74) is 1.12. The molecule has 1 rings (SSSR count). The van der Waals surface area contributed by atoms with Gasteiger partial charge in [-0.1, -0.05) is 19.9 Å². The second-order valence-corrected chi connectivity index (χ2v) is 2.87. The third-order valence-electron chi connectivity index (χ3n) is 1.83. The highest BCUT2D eigenvalue weighted by Gasteiger charge is 2.06. The van der Waals surface area contributed by atoms with Crippen LogP contribution < -0.4 is 4.74 Å². The van der Waals surface area contributed by atoms with Crippen LogP contribution in [0.5, 0.6) is 5.75 Å². The van der Waals surface area contributed by atoms with Crippen LogP contribution in [0.15, 0.2) is 30.9 Å². The average molecular weight is 222 g/mol. The molecule has 3 nitrogen and oxygen atoms in total. The van der Waals surface area contributed by atoms with Crippen LogP contribution in [-0.4, -0.2) is 18.2 Å². The van der Waals surface area contributed by atoms with E-state index in [4.69, 9.17) is 9.84 Å². The van der Waals surface area contributed by atoms with Gasteiger partial charge >= 0.3 is 5.97 Å². The van der Waals surface area contributed by atoms with E-state index >= 15 is 0 Å². The van der Waals surface area contributed by atoms with E-state index in [1.54, 1.807) is 18.2 Å². The molecular formula is C13H18O3. The van der Waals surface area contributed by atoms with Crippen LogP contribution >= 0.6 is 0 Å². The molecule has 0 bridgehead atoms. The van der Waals surface area contributed by atoms with Gasteiger partial charge in [-0.15, -0.1) is 6.58 Å². The Balaban J connectivity index is 0.00000106. The van der Waals surface area contributed by atoms with Crippen molar-refractivity contribution in [2.75, 3.05) is 7.11 Å². The molecule has 0 heterocycles. The summed E-state index contributed by atoms with van der Waals surface area (Å²) in [5, 5.41) is 8.82. The second-order valence-electron chi connectivity index (χ2n) is 2.87. The number of aromatic carboxylic acids is 1. The topological polar surface area (TPSA) is 46.5 Å². The molecule has 16 heavy (non-hydrogen) atoms. The summed E-state index contributed by atoms with van der Waals surface area (Å²) in [5.74, 6) is -0.393. The van der Waals surface area contributed by atoms with Crippen LogP contribution in [0.25, 0.3) is 0 Å². The zero-order valence-electron chi connectivity index (χ0n) is 9.99. The Bertz CT molecular complexity index is 356. The van der Waals surface area contributed by atoms with Gasteiger partial charge in [0.05, 0.1) is 12.7 Å². The molecule has 1 aromatic rings. The molecule has 3 heteroatoms. The summed E-state index contributed by atoms with van der Waals surface area (Å²) in [4.78, 5) is 10.7. The van der Waals surface area contributed by atoms with Gasteiger partial charge in [-0.3, -0.25) is 0 Å². The SMILES string of the molecule is C=CCc1cc(OC)cc(C(=O)O)c1.CC. The Labute approximate surface area is 96.4 Å². The lowest BCUT2D eigenvalue weighted by molar-refractivity contribution is 0.0696. The van der Waals surface area contributed by atoms with Crippen LogP contribution in [0.1, 0.15) is 29.8 Å². The number of carboxylic acid groups (broad SMARTS) is 1. The second kappa shape index (κ2) is 7.51. The smallest absolute Gasteiger partial charge is 0.335 e. The fourth-order valence-electron chi connectivity index (χ4n) is 1.19. The molecule has 88 valence electrons. The highest BCUT2D eigenvalue weighted by Crippen LogP contribution is 2.17. The van der Waals surface area contributed by atoms with Crippen molar-refractivity contribution < 1.29 is 14.6 Å². The maximum Gasteiger partial charge on any atom is 0.335 e. The monoisotopic (exact) mass is 222 g/mol. The minimum absolute atomic E-state index is 0.237. The molecule has 1 N–H and O–H groups in total. The number of allylic oxidation sites excluding steroid dienone is 1. The fourth-order valence-corrected chi connectivity index (χ4v) is 1.19. The van der Waals surface area contributed by atoms with Crippen molar-refractivity contribution in [2.45, 2.75) is 20.3 Å². The lowest BCUT2D eigenvalue weighted by atomic mass is 10.1. The number of carboxylic acids is 1. The Kier molecular flexibility index (Phi) is 6.68. The molecular weight excluding hydrogens is 204 g/mol. The maximum atomic E-state index is 10.7. The molecule has 0 saturated heterocycles. The van der Waals surface area contributed by atoms with Crippen LogP contribution in [0.4, 0.5) is 0 Å². The fraction of sp³-hybridized carbons (Fsp3) is 0.308. The van der Waals surface area contributed by atoms with E-state index in [1.165, 1.54) is 13.2 Å². The Morgan fingerprint density at radius 3 is 2.50 bits per heavy atom. The summed E-state index contributed by atoms with van der Waals surface area (Å²) in [7, 11) is 1.51. The Morgan fingerprint density at radius 2 is 2.06 bits per heavy atom. The molecule has 0 saturated carbocycles. The van der Waals surface area contributed by atoms with E-state index in [9.17, 15) is 4.79 Å². The lowest BCUT2D eigenvalue weighted by Gasteiger charge is -2.04. The highest BCUT2D eigenvalue weighted by molar-refractivity contribution is 5.88. The van der Waals surface area contributed by atoms with E-state index in [0.29, 0.717) is 12.2 Å². The molecule has 0 spiro atoms. The number of ether oxygens (including phenoxy) is 1. The Hall–Kier alpha value is -1.77. The van der Waals surface area contributed by atoms with E-state index in [-0.39, 0.29) is 5.56 Å². The van der Waals surface area contributed by atoms with Crippen LogP contribution in [0.3, 0.4) is 0 Å². The number of methoxy groups -OCH3 is 1. The predicted molar refractivity (Wildman–Crippen MR) is 65.2 cm³/mol. The van der Waals surface area contributed by atoms with Gasteiger partial charge in [0.1, 0.15) is 5.75 Å². The minimum atomic E-state index is -0.950. The summed E-state index contributed by atoms with van der Waals surface area (Å²) in [6.45, 7) is 7.60. The maximum absolute atomic E-state index is 10.7. The van der Waals surface area contributed by atoms with Gasteiger partial charge in [-0.05, 0) is 30.2 Å². The highest BCUT2D eigenvalue weighted by atomic mass is 16.5. The number of rotatable bonds is 4. The van der Waals surface area contributed by atoms with E-state index < -0.39 is 5.97 Å². The molecule has 0 aromatic heterocycles. The first kappa shape index (κ1) is 14.2. The van der Waals surface area contributed by atoms with E-state index in [2.05, 4.69) is 6.58 Å². The largest absolute Gasteiger partial charge is 0.497 e. The van der Waals surface area contributed by atoms with E-state index in [1.807, 2.05) is 13.8 Å². The van der Waals surface area contributed by atoms with Gasteiger partial charge < -0.3 is 9.84 Å². The molecule has 0 aliphatic carbocycles. The molecule has 0 radical (unpaired) electrons. The van der Waals surface area contributed by atoms with Crippen molar-refractivity contribution in [3.8, 4) is 5.75 Å². The first-order chi connectivity index (χ1) is 7.67. The van der Waals surface area contributed by atoms with Gasteiger partial charge in [-0.2, -0.15) is 0 Å². The number of benzene rings is 1. The average Bonchev–Trinajstić information content (AvgIpc) is 2.31. The van der Waals surface area contributed by atoms with Gasteiger partial charge in [0.2, 0.25) is 0 Å². The van der Waals surface area contributed by atoms with Gasteiger partial charge in [0, 0.05) is 0 Å². The summed E-state index contributed by atoms with van der Waals surface area (Å²) < 4.78 is 4.99. The third kappa shape index (κ3) is 4.17. The van der Waals surface area contributed by atoms with Crippen molar-refractivity contribution in [2.24, 2.45) is 0 Å². The van der Waals surface area contributed by atoms with Crippen molar-refractivity contribution >= 4 is 5.97 Å². The van der Waals surface area contributed by atoms with Crippen molar-refractivity contribution in [3.63, 3.8) is 0 Å². The molecule has 0 atom stereocenters. The molecule has 0 unspecified atom stereocenters. The summed E-state index contributed by atoms with van der Waals surface area (Å²) in [6, 6.07) is 4.91. The number of hydrogen-bond acceptors (Lipinski definition) is 2. The molecule has 1 aromatic carbocycles. The van der Waals surface area contributed by atoms with Crippen molar-refractivity contribution in [3.05, 3.63) is 42.0 Å². The normalized spacial score (nSPS) is 8.69. The van der Waals surface area contributed by atoms with Crippen molar-refractivity contribution in [1.82, 2.24) is 0 Å². The summed E-state index contributed by atoms with van der Waals surface area (Å²) in [6.07, 6.45) is 2.36. The minimum Gasteiger partial charge on any atom is -0.497 e. The quantitative estimate of drug-likeness (QED) is 0.796. The zero-order valence-corrected chi connectivity index (χ0v) is 9.99. The third-order valence-corrected chi connectivity index (χ3v) is 1.83. The molecule has 0 fully saturated rings. The Morgan fingerprint density at radius 1 is 1.44 bits per heavy atom. The standard InChI is InChI=1S/C11H12O3.C2H6/c1-3-4-8-5-9(11(12)13)7-10(6-8)14-2;1-2/h3,5-7H,1,4H2,2H3,(H,12,13);1-2H3. The lowest BCUT2D eigenvalue weighted by Crippen LogP contribution is -1.98. The summed E-state index contributed by atoms with van der Waals surface area (Å²) >= 11 is 0. The van der Waals surface area contributed by atoms with Gasteiger partial charge in [0.15, 0.2) is 0 Å². The molecule has 0 aliphatic heterocycles.